The van der Waals surface area contributed by atoms with Gasteiger partial charge in [0.05, 0.1) is 5.88 Å². The Bertz CT molecular complexity index is 215. The van der Waals surface area contributed by atoms with Gasteiger partial charge in [0, 0.05) is 22.5 Å². The van der Waals surface area contributed by atoms with Crippen molar-refractivity contribution in [3.05, 3.63) is 28.5 Å². The molecular weight excluding hydrogens is 169 g/mol. The Morgan fingerprint density at radius 1 is 1.60 bits per heavy atom. The molecule has 0 N–H and O–H groups in total. The Balaban J connectivity index is 3.17. The van der Waals surface area contributed by atoms with E-state index in [1.807, 2.05) is 6.92 Å². The summed E-state index contributed by atoms with van der Waals surface area (Å²) in [6.07, 6.45) is 1.67. The number of pyridine rings is 1. The van der Waals surface area contributed by atoms with Crippen LogP contribution in [0.5, 0.6) is 0 Å². The fraction of sp³-hybridized carbons (Fsp3) is 0.286. The van der Waals surface area contributed by atoms with Gasteiger partial charge in [0.25, 0.3) is 0 Å². The molecule has 1 rings (SSSR count). The lowest BCUT2D eigenvalue weighted by atomic mass is 10.2. The van der Waals surface area contributed by atoms with Crippen LogP contribution in [0.1, 0.15) is 11.3 Å². The molecule has 0 aliphatic heterocycles. The average Bonchev–Trinajstić information content (AvgIpc) is 1.88. The highest BCUT2D eigenvalue weighted by Crippen LogP contribution is 2.18. The first-order valence-electron chi connectivity index (χ1n) is 2.91. The molecule has 3 heteroatoms. The second-order valence-electron chi connectivity index (χ2n) is 1.99. The van der Waals surface area contributed by atoms with E-state index in [1.165, 1.54) is 0 Å². The van der Waals surface area contributed by atoms with E-state index in [9.17, 15) is 0 Å². The van der Waals surface area contributed by atoms with Crippen molar-refractivity contribution in [2.24, 2.45) is 0 Å². The third-order valence-electron chi connectivity index (χ3n) is 1.35. The Kier molecular flexibility index (Phi) is 2.52. The van der Waals surface area contributed by atoms with Gasteiger partial charge < -0.3 is 0 Å². The van der Waals surface area contributed by atoms with Crippen LogP contribution in [0.4, 0.5) is 0 Å². The van der Waals surface area contributed by atoms with E-state index in [-0.39, 0.29) is 0 Å². The molecule has 1 aromatic heterocycles. The van der Waals surface area contributed by atoms with Crippen molar-refractivity contribution in [1.82, 2.24) is 4.98 Å². The van der Waals surface area contributed by atoms with Crippen molar-refractivity contribution in [1.29, 1.82) is 0 Å². The lowest BCUT2D eigenvalue weighted by molar-refractivity contribution is 1.14. The van der Waals surface area contributed by atoms with Gasteiger partial charge in [-0.2, -0.15) is 0 Å². The smallest absolute Gasteiger partial charge is 0.0506 e. The zero-order valence-corrected chi connectivity index (χ0v) is 7.08. The van der Waals surface area contributed by atoms with Crippen molar-refractivity contribution in [2.45, 2.75) is 12.8 Å². The molecule has 0 amide bonds. The van der Waals surface area contributed by atoms with E-state index in [0.717, 1.165) is 11.3 Å². The summed E-state index contributed by atoms with van der Waals surface area (Å²) in [6, 6.07) is 1.74. The van der Waals surface area contributed by atoms with E-state index in [4.69, 9.17) is 23.2 Å². The zero-order valence-electron chi connectivity index (χ0n) is 5.56. The van der Waals surface area contributed by atoms with E-state index in [1.54, 1.807) is 12.3 Å². The molecule has 0 saturated heterocycles. The number of aromatic nitrogens is 1. The SMILES string of the molecule is Cc1nccc(Cl)c1CCl. The molecule has 0 atom stereocenters. The molecule has 0 bridgehead atoms. The van der Waals surface area contributed by atoms with Crippen LogP contribution >= 0.6 is 23.2 Å². The van der Waals surface area contributed by atoms with Gasteiger partial charge in [0.1, 0.15) is 0 Å². The molecule has 0 aliphatic rings. The lowest BCUT2D eigenvalue weighted by Gasteiger charge is -2.00. The van der Waals surface area contributed by atoms with Crippen LogP contribution in [0.15, 0.2) is 12.3 Å². The summed E-state index contributed by atoms with van der Waals surface area (Å²) in [6.45, 7) is 1.89. The summed E-state index contributed by atoms with van der Waals surface area (Å²) in [4.78, 5) is 4.04. The van der Waals surface area contributed by atoms with Gasteiger partial charge in [0.15, 0.2) is 0 Å². The summed E-state index contributed by atoms with van der Waals surface area (Å²) in [5.41, 5.74) is 1.83. The topological polar surface area (TPSA) is 12.9 Å². The van der Waals surface area contributed by atoms with E-state index < -0.39 is 0 Å². The predicted molar refractivity (Wildman–Crippen MR) is 43.5 cm³/mol. The highest BCUT2D eigenvalue weighted by molar-refractivity contribution is 6.32. The van der Waals surface area contributed by atoms with Gasteiger partial charge >= 0.3 is 0 Å². The summed E-state index contributed by atoms with van der Waals surface area (Å²) < 4.78 is 0. The molecule has 54 valence electrons. The van der Waals surface area contributed by atoms with Crippen LogP contribution in [0, 0.1) is 6.92 Å². The minimum Gasteiger partial charge on any atom is -0.261 e. The molecule has 10 heavy (non-hydrogen) atoms. The third-order valence-corrected chi connectivity index (χ3v) is 1.97. The summed E-state index contributed by atoms with van der Waals surface area (Å²) >= 11 is 11.4. The van der Waals surface area contributed by atoms with Gasteiger partial charge in [-0.05, 0) is 13.0 Å². The Morgan fingerprint density at radius 2 is 2.30 bits per heavy atom. The standard InChI is InChI=1S/C7H7Cl2N/c1-5-6(4-8)7(9)2-3-10-5/h2-3H,4H2,1H3. The summed E-state index contributed by atoms with van der Waals surface area (Å²) in [5.74, 6) is 0.429. The zero-order chi connectivity index (χ0) is 7.56. The maximum absolute atomic E-state index is 5.81. The van der Waals surface area contributed by atoms with Gasteiger partial charge in [0.2, 0.25) is 0 Å². The molecule has 0 radical (unpaired) electrons. The predicted octanol–water partition coefficient (Wildman–Crippen LogP) is 2.78. The van der Waals surface area contributed by atoms with Crippen molar-refractivity contribution in [2.75, 3.05) is 0 Å². The molecule has 0 unspecified atom stereocenters. The van der Waals surface area contributed by atoms with Crippen LogP contribution in [-0.4, -0.2) is 4.98 Å². The molecule has 1 nitrogen and oxygen atoms in total. The maximum atomic E-state index is 5.81. The van der Waals surface area contributed by atoms with Gasteiger partial charge in [-0.1, -0.05) is 11.6 Å². The van der Waals surface area contributed by atoms with Gasteiger partial charge in [-0.15, -0.1) is 11.6 Å². The van der Waals surface area contributed by atoms with E-state index in [2.05, 4.69) is 4.98 Å². The van der Waals surface area contributed by atoms with Gasteiger partial charge in [-0.3, -0.25) is 4.98 Å². The van der Waals surface area contributed by atoms with Crippen LogP contribution in [0.3, 0.4) is 0 Å². The summed E-state index contributed by atoms with van der Waals surface area (Å²) in [7, 11) is 0. The minimum atomic E-state index is 0.429. The van der Waals surface area contributed by atoms with Gasteiger partial charge in [-0.25, -0.2) is 0 Å². The summed E-state index contributed by atoms with van der Waals surface area (Å²) in [5, 5.41) is 0.697. The first-order valence-corrected chi connectivity index (χ1v) is 3.83. The number of hydrogen-bond donors (Lipinski definition) is 0. The first kappa shape index (κ1) is 7.83. The minimum absolute atomic E-state index is 0.429. The van der Waals surface area contributed by atoms with E-state index in [0.29, 0.717) is 10.9 Å². The monoisotopic (exact) mass is 175 g/mol. The van der Waals surface area contributed by atoms with Crippen molar-refractivity contribution < 1.29 is 0 Å². The fourth-order valence-corrected chi connectivity index (χ4v) is 1.39. The first-order chi connectivity index (χ1) is 4.75. The van der Waals surface area contributed by atoms with Crippen LogP contribution in [0.25, 0.3) is 0 Å². The number of hydrogen-bond acceptors (Lipinski definition) is 1. The highest BCUT2D eigenvalue weighted by atomic mass is 35.5. The number of aryl methyl sites for hydroxylation is 1. The number of alkyl halides is 1. The molecule has 0 fully saturated rings. The number of halogens is 2. The molecule has 0 aromatic carbocycles. The van der Waals surface area contributed by atoms with Crippen molar-refractivity contribution in [3.63, 3.8) is 0 Å². The van der Waals surface area contributed by atoms with Crippen LogP contribution in [0.2, 0.25) is 5.02 Å². The molecular formula is C7H7Cl2N. The average molecular weight is 176 g/mol. The van der Waals surface area contributed by atoms with Crippen molar-refractivity contribution in [3.8, 4) is 0 Å². The second kappa shape index (κ2) is 3.22. The molecule has 1 aromatic rings. The molecule has 1 heterocycles. The second-order valence-corrected chi connectivity index (χ2v) is 2.66. The quantitative estimate of drug-likeness (QED) is 0.599. The molecule has 0 spiro atoms. The maximum Gasteiger partial charge on any atom is 0.0506 e. The third kappa shape index (κ3) is 1.41. The van der Waals surface area contributed by atoms with Crippen molar-refractivity contribution >= 4 is 23.2 Å². The van der Waals surface area contributed by atoms with Crippen LogP contribution < -0.4 is 0 Å². The molecule has 0 saturated carbocycles. The fourth-order valence-electron chi connectivity index (χ4n) is 0.726. The Morgan fingerprint density at radius 3 is 2.70 bits per heavy atom. The Labute approximate surface area is 70.0 Å². The molecule has 0 aliphatic carbocycles. The normalized spacial score (nSPS) is 9.90. The lowest BCUT2D eigenvalue weighted by Crippen LogP contribution is -1.88. The Hall–Kier alpha value is -0.270. The highest BCUT2D eigenvalue weighted by Gasteiger charge is 2.01. The van der Waals surface area contributed by atoms with Crippen LogP contribution in [-0.2, 0) is 5.88 Å². The largest absolute Gasteiger partial charge is 0.261 e. The van der Waals surface area contributed by atoms with E-state index >= 15 is 0 Å². The number of rotatable bonds is 1. The number of nitrogens with zero attached hydrogens (tertiary/aromatic N) is 1.